The minimum absolute atomic E-state index is 0.123. The van der Waals surface area contributed by atoms with E-state index in [1.165, 1.54) is 30.4 Å². The van der Waals surface area contributed by atoms with E-state index in [1.54, 1.807) is 6.92 Å². The zero-order chi connectivity index (χ0) is 20.7. The summed E-state index contributed by atoms with van der Waals surface area (Å²) >= 11 is 0. The SMILES string of the molecule is C=C1C2CCC(C)=CC2CC(C)C1(C)CC[C@@]1(C)CC[C@@H]([C@@H](C)C(=O)O)OO1. The molecule has 3 rings (SSSR count). The highest BCUT2D eigenvalue weighted by atomic mass is 17.2. The molecule has 3 aliphatic rings. The number of allylic oxidation sites excluding steroid dienone is 3. The molecule has 1 saturated carbocycles. The first-order chi connectivity index (χ1) is 13.1. The maximum absolute atomic E-state index is 11.2. The molecule has 2 aliphatic carbocycles. The van der Waals surface area contributed by atoms with Gasteiger partial charge in [-0.1, -0.05) is 37.6 Å². The minimum atomic E-state index is -0.830. The largest absolute Gasteiger partial charge is 0.481 e. The molecule has 4 heteroatoms. The first kappa shape index (κ1) is 21.6. The topological polar surface area (TPSA) is 55.8 Å². The van der Waals surface area contributed by atoms with E-state index in [-0.39, 0.29) is 17.1 Å². The predicted molar refractivity (Wildman–Crippen MR) is 111 cm³/mol. The molecule has 0 bridgehead atoms. The Balaban J connectivity index is 1.62. The van der Waals surface area contributed by atoms with Gasteiger partial charge in [0.2, 0.25) is 0 Å². The molecule has 1 N–H and O–H groups in total. The summed E-state index contributed by atoms with van der Waals surface area (Å²) in [6, 6.07) is 0. The lowest BCUT2D eigenvalue weighted by atomic mass is 9.54. The Labute approximate surface area is 170 Å². The van der Waals surface area contributed by atoms with Crippen molar-refractivity contribution in [2.24, 2.45) is 29.1 Å². The summed E-state index contributed by atoms with van der Waals surface area (Å²) in [5.74, 6) is 0.495. The molecule has 1 aliphatic heterocycles. The number of fused-ring (bicyclic) bond motifs is 1. The number of rotatable bonds is 5. The Morgan fingerprint density at radius 1 is 1.36 bits per heavy atom. The monoisotopic (exact) mass is 390 g/mol. The summed E-state index contributed by atoms with van der Waals surface area (Å²) in [4.78, 5) is 22.5. The van der Waals surface area contributed by atoms with E-state index in [9.17, 15) is 9.90 Å². The van der Waals surface area contributed by atoms with Gasteiger partial charge in [-0.2, -0.15) is 0 Å². The van der Waals surface area contributed by atoms with Crippen molar-refractivity contribution >= 4 is 5.97 Å². The molecule has 0 amide bonds. The first-order valence-electron chi connectivity index (χ1n) is 11.0. The van der Waals surface area contributed by atoms with Crippen LogP contribution >= 0.6 is 0 Å². The van der Waals surface area contributed by atoms with Gasteiger partial charge >= 0.3 is 5.97 Å². The summed E-state index contributed by atoms with van der Waals surface area (Å²) in [7, 11) is 0. The van der Waals surface area contributed by atoms with Crippen LogP contribution in [0.1, 0.15) is 79.6 Å². The van der Waals surface area contributed by atoms with Crippen molar-refractivity contribution in [2.45, 2.75) is 91.3 Å². The zero-order valence-electron chi connectivity index (χ0n) is 18.3. The van der Waals surface area contributed by atoms with Crippen molar-refractivity contribution in [3.8, 4) is 0 Å². The summed E-state index contributed by atoms with van der Waals surface area (Å²) in [5.41, 5.74) is 2.74. The second kappa shape index (κ2) is 7.95. The van der Waals surface area contributed by atoms with Crippen LogP contribution in [-0.4, -0.2) is 22.8 Å². The highest BCUT2D eigenvalue weighted by Gasteiger charge is 2.47. The number of carboxylic acids is 1. The standard InChI is InChI=1S/C24H38O4/c1-15-7-8-20-18(4)24(6,16(2)14-19(20)13-15)12-11-23(5)10-9-21(27-28-23)17(3)22(25)26/h13,16-17,19-21H,4,7-12,14H2,1-3,5-6H3,(H,25,26)/t16?,17-,19?,20?,21+,23-,24?/m1/s1. The molecule has 0 spiro atoms. The molecule has 0 aromatic carbocycles. The second-order valence-corrected chi connectivity index (χ2v) is 10.2. The summed E-state index contributed by atoms with van der Waals surface area (Å²) in [6.07, 6.45) is 9.32. The van der Waals surface area contributed by atoms with Gasteiger partial charge < -0.3 is 5.11 Å². The van der Waals surface area contributed by atoms with E-state index < -0.39 is 11.9 Å². The van der Waals surface area contributed by atoms with Gasteiger partial charge in [-0.05, 0) is 88.9 Å². The summed E-state index contributed by atoms with van der Waals surface area (Å²) in [5, 5.41) is 9.19. The highest BCUT2D eigenvalue weighted by molar-refractivity contribution is 5.70. The van der Waals surface area contributed by atoms with Gasteiger partial charge in [0.05, 0.1) is 5.92 Å². The van der Waals surface area contributed by atoms with Gasteiger partial charge in [0.15, 0.2) is 0 Å². The molecule has 28 heavy (non-hydrogen) atoms. The first-order valence-corrected chi connectivity index (χ1v) is 11.0. The summed E-state index contributed by atoms with van der Waals surface area (Å²) < 4.78 is 0. The maximum atomic E-state index is 11.2. The fraction of sp³-hybridized carbons (Fsp3) is 0.792. The van der Waals surface area contributed by atoms with Gasteiger partial charge in [-0.3, -0.25) is 4.79 Å². The fourth-order valence-electron chi connectivity index (χ4n) is 5.54. The van der Waals surface area contributed by atoms with Crippen LogP contribution < -0.4 is 0 Å². The van der Waals surface area contributed by atoms with E-state index in [0.717, 1.165) is 25.7 Å². The normalized spacial score (nSPS) is 42.5. The molecular weight excluding hydrogens is 352 g/mol. The van der Waals surface area contributed by atoms with Crippen molar-refractivity contribution < 1.29 is 19.7 Å². The van der Waals surface area contributed by atoms with E-state index in [1.807, 2.05) is 0 Å². The second-order valence-electron chi connectivity index (χ2n) is 10.2. The van der Waals surface area contributed by atoms with Gasteiger partial charge in [-0.15, -0.1) is 0 Å². The lowest BCUT2D eigenvalue weighted by molar-refractivity contribution is -0.411. The van der Waals surface area contributed by atoms with Crippen molar-refractivity contribution in [1.29, 1.82) is 0 Å². The van der Waals surface area contributed by atoms with Crippen LogP contribution in [0.15, 0.2) is 23.8 Å². The third-order valence-corrected chi connectivity index (χ3v) is 8.21. The Hall–Kier alpha value is -1.13. The van der Waals surface area contributed by atoms with E-state index in [4.69, 9.17) is 9.78 Å². The molecule has 4 nitrogen and oxygen atoms in total. The van der Waals surface area contributed by atoms with E-state index >= 15 is 0 Å². The van der Waals surface area contributed by atoms with Crippen molar-refractivity contribution in [3.63, 3.8) is 0 Å². The van der Waals surface area contributed by atoms with Crippen LogP contribution in [0, 0.1) is 29.1 Å². The molecule has 2 fully saturated rings. The number of aliphatic carboxylic acids is 1. The number of hydrogen-bond donors (Lipinski definition) is 1. The van der Waals surface area contributed by atoms with Crippen LogP contribution in [0.2, 0.25) is 0 Å². The van der Waals surface area contributed by atoms with Crippen LogP contribution in [0.25, 0.3) is 0 Å². The lowest BCUT2D eigenvalue weighted by Crippen LogP contribution is -2.44. The van der Waals surface area contributed by atoms with Crippen LogP contribution in [-0.2, 0) is 14.6 Å². The van der Waals surface area contributed by atoms with Crippen LogP contribution in [0.3, 0.4) is 0 Å². The smallest absolute Gasteiger partial charge is 0.308 e. The van der Waals surface area contributed by atoms with Gasteiger partial charge in [0, 0.05) is 0 Å². The average Bonchev–Trinajstić information content (AvgIpc) is 2.65. The van der Waals surface area contributed by atoms with Gasteiger partial charge in [0.25, 0.3) is 0 Å². The van der Waals surface area contributed by atoms with Crippen molar-refractivity contribution in [2.75, 3.05) is 0 Å². The van der Waals surface area contributed by atoms with E-state index in [0.29, 0.717) is 17.8 Å². The minimum Gasteiger partial charge on any atom is -0.481 e. The van der Waals surface area contributed by atoms with Crippen LogP contribution in [0.4, 0.5) is 0 Å². The highest BCUT2D eigenvalue weighted by Crippen LogP contribution is 2.55. The molecule has 0 radical (unpaired) electrons. The number of carbonyl (C=O) groups is 1. The summed E-state index contributed by atoms with van der Waals surface area (Å²) in [6.45, 7) is 15.4. The molecule has 1 heterocycles. The van der Waals surface area contributed by atoms with Crippen molar-refractivity contribution in [3.05, 3.63) is 23.8 Å². The van der Waals surface area contributed by atoms with Gasteiger partial charge in [-0.25, -0.2) is 9.78 Å². The molecular formula is C24H38O4. The lowest BCUT2D eigenvalue weighted by Gasteiger charge is -2.51. The zero-order valence-corrected chi connectivity index (χ0v) is 18.3. The van der Waals surface area contributed by atoms with Gasteiger partial charge in [0.1, 0.15) is 11.7 Å². The molecule has 0 aromatic rings. The number of hydrogen-bond acceptors (Lipinski definition) is 3. The maximum Gasteiger partial charge on any atom is 0.308 e. The average molecular weight is 391 g/mol. The Bertz CT molecular complexity index is 643. The van der Waals surface area contributed by atoms with Crippen LogP contribution in [0.5, 0.6) is 0 Å². The number of carboxylic acid groups (broad SMARTS) is 1. The Morgan fingerprint density at radius 3 is 2.68 bits per heavy atom. The third kappa shape index (κ3) is 4.09. The third-order valence-electron chi connectivity index (χ3n) is 8.21. The Morgan fingerprint density at radius 2 is 2.07 bits per heavy atom. The molecule has 4 unspecified atom stereocenters. The fourth-order valence-corrected chi connectivity index (χ4v) is 5.54. The quantitative estimate of drug-likeness (QED) is 0.467. The Kier molecular flexibility index (Phi) is 6.12. The molecule has 158 valence electrons. The molecule has 0 aromatic heterocycles. The molecule has 7 atom stereocenters. The predicted octanol–water partition coefficient (Wildman–Crippen LogP) is 5.93. The van der Waals surface area contributed by atoms with Crippen molar-refractivity contribution in [1.82, 2.24) is 0 Å². The van der Waals surface area contributed by atoms with E-state index in [2.05, 4.69) is 40.3 Å². The molecule has 1 saturated heterocycles.